The number of rotatable bonds is 5. The van der Waals surface area contributed by atoms with Gasteiger partial charge in [0, 0.05) is 11.7 Å². The van der Waals surface area contributed by atoms with E-state index in [2.05, 4.69) is 15.5 Å². The van der Waals surface area contributed by atoms with Crippen LogP contribution in [0, 0.1) is 5.82 Å². The minimum Gasteiger partial charge on any atom is -0.368 e. The van der Waals surface area contributed by atoms with Gasteiger partial charge in [0.05, 0.1) is 5.25 Å². The number of nitrogens with zero attached hydrogens (tertiary/aromatic N) is 3. The van der Waals surface area contributed by atoms with E-state index in [0.717, 1.165) is 0 Å². The third-order valence-corrected chi connectivity index (χ3v) is 4.01. The molecule has 0 spiro atoms. The second-order valence-electron chi connectivity index (χ2n) is 5.06. The van der Waals surface area contributed by atoms with Crippen molar-refractivity contribution in [2.75, 3.05) is 11.1 Å². The highest BCUT2D eigenvalue weighted by molar-refractivity contribution is 8.00. The van der Waals surface area contributed by atoms with Crippen LogP contribution in [0.2, 0.25) is 0 Å². The summed E-state index contributed by atoms with van der Waals surface area (Å²) in [4.78, 5) is 12.2. The lowest BCUT2D eigenvalue weighted by Crippen LogP contribution is -2.23. The van der Waals surface area contributed by atoms with Crippen molar-refractivity contribution in [3.05, 3.63) is 30.1 Å². The van der Waals surface area contributed by atoms with Crippen LogP contribution in [0.3, 0.4) is 0 Å². The molecular weight excluding hydrogens is 305 g/mol. The lowest BCUT2D eigenvalue weighted by molar-refractivity contribution is -0.115. The highest BCUT2D eigenvalue weighted by Gasteiger charge is 2.20. The fourth-order valence-electron chi connectivity index (χ4n) is 1.88. The van der Waals surface area contributed by atoms with Crippen molar-refractivity contribution in [2.24, 2.45) is 0 Å². The summed E-state index contributed by atoms with van der Waals surface area (Å²) in [6.07, 6.45) is 0. The number of hydrogen-bond donors (Lipinski definition) is 2. The predicted octanol–water partition coefficient (Wildman–Crippen LogP) is 2.70. The monoisotopic (exact) mass is 323 g/mol. The Morgan fingerprint density at radius 3 is 2.73 bits per heavy atom. The fraction of sp³-hybridized carbons (Fsp3) is 0.357. The van der Waals surface area contributed by atoms with Crippen LogP contribution in [0.15, 0.2) is 29.4 Å². The molecule has 0 saturated carbocycles. The number of anilines is 2. The number of nitrogens with two attached hydrogens (primary N) is 1. The van der Waals surface area contributed by atoms with Gasteiger partial charge in [-0.2, -0.15) is 0 Å². The van der Waals surface area contributed by atoms with Crippen molar-refractivity contribution < 1.29 is 9.18 Å². The molecule has 2 rings (SSSR count). The number of halogens is 1. The molecular formula is C14H18FN5OS. The average molecular weight is 323 g/mol. The Morgan fingerprint density at radius 1 is 1.36 bits per heavy atom. The summed E-state index contributed by atoms with van der Waals surface area (Å²) in [5, 5.41) is 10.6. The molecule has 0 unspecified atom stereocenters. The Kier molecular flexibility index (Phi) is 5.02. The van der Waals surface area contributed by atoms with Gasteiger partial charge in [-0.1, -0.05) is 17.8 Å². The van der Waals surface area contributed by atoms with Gasteiger partial charge in [-0.15, -0.1) is 10.2 Å². The van der Waals surface area contributed by atoms with Crippen LogP contribution in [-0.4, -0.2) is 25.9 Å². The number of nitrogen functional groups attached to an aromatic ring is 1. The number of nitrogens with one attached hydrogen (secondary N) is 1. The van der Waals surface area contributed by atoms with Gasteiger partial charge in [-0.25, -0.2) is 4.39 Å². The van der Waals surface area contributed by atoms with E-state index >= 15 is 0 Å². The maximum Gasteiger partial charge on any atom is 0.237 e. The highest BCUT2D eigenvalue weighted by Crippen LogP contribution is 2.26. The number of aromatic nitrogens is 3. The molecule has 1 amide bonds. The molecule has 0 bridgehead atoms. The maximum atomic E-state index is 13.1. The Labute approximate surface area is 132 Å². The number of thioether (sulfide) groups is 1. The average Bonchev–Trinajstić information content (AvgIpc) is 2.79. The molecule has 0 aliphatic heterocycles. The molecule has 6 nitrogen and oxygen atoms in total. The van der Waals surface area contributed by atoms with Crippen LogP contribution in [0.4, 0.5) is 16.0 Å². The summed E-state index contributed by atoms with van der Waals surface area (Å²) in [7, 11) is 0. The summed E-state index contributed by atoms with van der Waals surface area (Å²) >= 11 is 1.25. The molecule has 3 N–H and O–H groups in total. The van der Waals surface area contributed by atoms with E-state index in [1.54, 1.807) is 23.6 Å². The summed E-state index contributed by atoms with van der Waals surface area (Å²) in [5.41, 5.74) is 6.19. The molecule has 1 atom stereocenters. The zero-order valence-corrected chi connectivity index (χ0v) is 13.4. The molecule has 22 heavy (non-hydrogen) atoms. The van der Waals surface area contributed by atoms with Crippen LogP contribution >= 0.6 is 11.8 Å². The first kappa shape index (κ1) is 16.3. The second-order valence-corrected chi connectivity index (χ2v) is 6.37. The summed E-state index contributed by atoms with van der Waals surface area (Å²) < 4.78 is 14.9. The van der Waals surface area contributed by atoms with E-state index in [1.807, 2.05) is 13.8 Å². The third kappa shape index (κ3) is 3.76. The van der Waals surface area contributed by atoms with E-state index in [9.17, 15) is 9.18 Å². The van der Waals surface area contributed by atoms with Gasteiger partial charge in [-0.05, 0) is 39.0 Å². The summed E-state index contributed by atoms with van der Waals surface area (Å²) in [6.45, 7) is 5.66. The lowest BCUT2D eigenvalue weighted by Gasteiger charge is -2.14. The molecule has 1 heterocycles. The Morgan fingerprint density at radius 2 is 2.09 bits per heavy atom. The number of carbonyl (C=O) groups excluding carboxylic acids is 1. The zero-order valence-electron chi connectivity index (χ0n) is 12.6. The van der Waals surface area contributed by atoms with Crippen LogP contribution in [-0.2, 0) is 4.79 Å². The van der Waals surface area contributed by atoms with Crippen LogP contribution < -0.4 is 11.1 Å². The van der Waals surface area contributed by atoms with Gasteiger partial charge >= 0.3 is 0 Å². The second kappa shape index (κ2) is 6.78. The van der Waals surface area contributed by atoms with Crippen molar-refractivity contribution in [3.8, 4) is 0 Å². The van der Waals surface area contributed by atoms with E-state index in [0.29, 0.717) is 16.8 Å². The molecule has 0 aliphatic rings. The zero-order chi connectivity index (χ0) is 16.3. The molecule has 8 heteroatoms. The number of carbonyl (C=O) groups is 1. The first-order valence-corrected chi connectivity index (χ1v) is 7.70. The molecule has 2 aromatic rings. The number of amides is 1. The van der Waals surface area contributed by atoms with E-state index in [1.165, 1.54) is 23.9 Å². The van der Waals surface area contributed by atoms with E-state index in [4.69, 9.17) is 5.73 Å². The van der Waals surface area contributed by atoms with Crippen LogP contribution in [0.5, 0.6) is 0 Å². The van der Waals surface area contributed by atoms with Gasteiger partial charge in [-0.3, -0.25) is 9.36 Å². The quantitative estimate of drug-likeness (QED) is 0.826. The normalized spacial score (nSPS) is 12.4. The third-order valence-electron chi connectivity index (χ3n) is 2.95. The largest absolute Gasteiger partial charge is 0.368 e. The molecule has 0 fully saturated rings. The van der Waals surface area contributed by atoms with Gasteiger partial charge in [0.15, 0.2) is 5.16 Å². The first-order chi connectivity index (χ1) is 10.4. The molecule has 1 aromatic heterocycles. The van der Waals surface area contributed by atoms with Gasteiger partial charge in [0.2, 0.25) is 11.9 Å². The Bertz CT molecular complexity index is 673. The summed E-state index contributed by atoms with van der Waals surface area (Å²) in [6, 6.07) is 5.85. The minimum absolute atomic E-state index is 0.0935. The topological polar surface area (TPSA) is 85.8 Å². The van der Waals surface area contributed by atoms with Crippen molar-refractivity contribution in [1.29, 1.82) is 0 Å². The smallest absolute Gasteiger partial charge is 0.237 e. The van der Waals surface area contributed by atoms with Crippen molar-refractivity contribution in [1.82, 2.24) is 14.8 Å². The number of benzene rings is 1. The van der Waals surface area contributed by atoms with Crippen LogP contribution in [0.1, 0.15) is 26.8 Å². The minimum atomic E-state index is -0.427. The molecule has 118 valence electrons. The SMILES string of the molecule is CC(C)n1c(N)nnc1S[C@H](C)C(=O)Nc1cccc(F)c1. The van der Waals surface area contributed by atoms with Gasteiger partial charge in [0.1, 0.15) is 5.82 Å². The standard InChI is InChI=1S/C14H18FN5OS/c1-8(2)20-13(16)18-19-14(20)22-9(3)12(21)17-11-6-4-5-10(15)7-11/h4-9H,1-3H3,(H2,16,18)(H,17,21)/t9-/m1/s1. The highest BCUT2D eigenvalue weighted by atomic mass is 32.2. The van der Waals surface area contributed by atoms with Crippen molar-refractivity contribution in [3.63, 3.8) is 0 Å². The van der Waals surface area contributed by atoms with E-state index < -0.39 is 11.1 Å². The summed E-state index contributed by atoms with van der Waals surface area (Å²) in [5.74, 6) is -0.326. The first-order valence-electron chi connectivity index (χ1n) is 6.82. The van der Waals surface area contributed by atoms with Crippen molar-refractivity contribution in [2.45, 2.75) is 37.2 Å². The molecule has 0 saturated heterocycles. The van der Waals surface area contributed by atoms with Crippen LogP contribution in [0.25, 0.3) is 0 Å². The van der Waals surface area contributed by atoms with Crippen molar-refractivity contribution >= 4 is 29.3 Å². The Balaban J connectivity index is 2.06. The maximum absolute atomic E-state index is 13.1. The molecule has 0 aliphatic carbocycles. The molecule has 0 radical (unpaired) electrons. The molecule has 1 aromatic carbocycles. The van der Waals surface area contributed by atoms with Gasteiger partial charge in [0.25, 0.3) is 0 Å². The lowest BCUT2D eigenvalue weighted by atomic mass is 10.3. The Hall–Kier alpha value is -2.09. The van der Waals surface area contributed by atoms with Gasteiger partial charge < -0.3 is 11.1 Å². The fourth-order valence-corrected chi connectivity index (χ4v) is 2.86. The van der Waals surface area contributed by atoms with E-state index in [-0.39, 0.29) is 11.9 Å². The number of hydrogen-bond acceptors (Lipinski definition) is 5. The predicted molar refractivity (Wildman–Crippen MR) is 85.2 cm³/mol.